The van der Waals surface area contributed by atoms with E-state index in [1.807, 2.05) is 30.3 Å². The van der Waals surface area contributed by atoms with Crippen LogP contribution in [0.1, 0.15) is 6.42 Å². The van der Waals surface area contributed by atoms with E-state index in [1.165, 1.54) is 26.2 Å². The van der Waals surface area contributed by atoms with E-state index in [-0.39, 0.29) is 10.8 Å². The fourth-order valence-electron chi connectivity index (χ4n) is 1.95. The fraction of sp³-hybridized carbons (Fsp3) is 0.235. The highest BCUT2D eigenvalue weighted by atomic mass is 32.2. The number of nitrogens with one attached hydrogen (secondary N) is 1. The molecule has 2 aromatic rings. The molecule has 2 aromatic carbocycles. The molecular weight excluding hydrogens is 344 g/mol. The molecule has 0 bridgehead atoms. The standard InChI is InChI=1S/C17H20N2O3S2/c1-19(2)24(21,22)16-10-6-7-14(13-16)18-17(20)11-12-23-15-8-4-3-5-9-15/h3-10,13H,11-12H2,1-2H3,(H,18,20). The first-order chi connectivity index (χ1) is 11.4. The monoisotopic (exact) mass is 364 g/mol. The van der Waals surface area contributed by atoms with E-state index < -0.39 is 10.0 Å². The third-order valence-corrected chi connectivity index (χ3v) is 6.06. The van der Waals surface area contributed by atoms with Crippen molar-refractivity contribution in [3.63, 3.8) is 0 Å². The van der Waals surface area contributed by atoms with Crippen LogP contribution in [0, 0.1) is 0 Å². The van der Waals surface area contributed by atoms with Crippen molar-refractivity contribution < 1.29 is 13.2 Å². The van der Waals surface area contributed by atoms with Crippen LogP contribution in [0.15, 0.2) is 64.4 Å². The first-order valence-electron chi connectivity index (χ1n) is 7.40. The van der Waals surface area contributed by atoms with Gasteiger partial charge in [0.1, 0.15) is 0 Å². The number of benzene rings is 2. The Kier molecular flexibility index (Phi) is 6.42. The van der Waals surface area contributed by atoms with E-state index in [0.717, 1.165) is 9.20 Å². The molecule has 0 aliphatic rings. The van der Waals surface area contributed by atoms with Gasteiger partial charge >= 0.3 is 0 Å². The normalized spacial score (nSPS) is 11.5. The van der Waals surface area contributed by atoms with Gasteiger partial charge in [-0.3, -0.25) is 4.79 Å². The molecule has 0 saturated carbocycles. The highest BCUT2D eigenvalue weighted by Gasteiger charge is 2.17. The van der Waals surface area contributed by atoms with Crippen LogP contribution in [0.5, 0.6) is 0 Å². The van der Waals surface area contributed by atoms with Gasteiger partial charge in [-0.05, 0) is 30.3 Å². The first kappa shape index (κ1) is 18.5. The summed E-state index contributed by atoms with van der Waals surface area (Å²) in [5.74, 6) is 0.517. The second-order valence-corrected chi connectivity index (χ2v) is 8.60. The zero-order valence-electron chi connectivity index (χ0n) is 13.6. The van der Waals surface area contributed by atoms with Crippen molar-refractivity contribution in [2.24, 2.45) is 0 Å². The number of sulfonamides is 1. The Morgan fingerprint density at radius 1 is 1.08 bits per heavy atom. The van der Waals surface area contributed by atoms with Crippen molar-refractivity contribution in [2.45, 2.75) is 16.2 Å². The van der Waals surface area contributed by atoms with E-state index in [2.05, 4.69) is 5.32 Å². The second kappa shape index (κ2) is 8.32. The summed E-state index contributed by atoms with van der Waals surface area (Å²) < 4.78 is 25.4. The minimum absolute atomic E-state index is 0.141. The molecule has 128 valence electrons. The van der Waals surface area contributed by atoms with E-state index in [4.69, 9.17) is 0 Å². The van der Waals surface area contributed by atoms with Gasteiger partial charge in [0.15, 0.2) is 0 Å². The highest BCUT2D eigenvalue weighted by molar-refractivity contribution is 7.99. The molecule has 2 rings (SSSR count). The second-order valence-electron chi connectivity index (χ2n) is 5.27. The van der Waals surface area contributed by atoms with Gasteiger partial charge in [0.05, 0.1) is 4.90 Å². The highest BCUT2D eigenvalue weighted by Crippen LogP contribution is 2.20. The van der Waals surface area contributed by atoms with E-state index >= 15 is 0 Å². The van der Waals surface area contributed by atoms with Crippen molar-refractivity contribution in [1.29, 1.82) is 0 Å². The van der Waals surface area contributed by atoms with Gasteiger partial charge in [0.2, 0.25) is 15.9 Å². The molecule has 0 heterocycles. The number of hydrogen-bond acceptors (Lipinski definition) is 4. The minimum Gasteiger partial charge on any atom is -0.326 e. The summed E-state index contributed by atoms with van der Waals surface area (Å²) >= 11 is 1.61. The van der Waals surface area contributed by atoms with Crippen LogP contribution in [0.2, 0.25) is 0 Å². The third kappa shape index (κ3) is 5.09. The van der Waals surface area contributed by atoms with Gasteiger partial charge in [0.25, 0.3) is 0 Å². The van der Waals surface area contributed by atoms with Crippen LogP contribution in [-0.2, 0) is 14.8 Å². The predicted molar refractivity (Wildman–Crippen MR) is 97.7 cm³/mol. The van der Waals surface area contributed by atoms with Gasteiger partial charge in [-0.25, -0.2) is 12.7 Å². The number of carbonyl (C=O) groups is 1. The Bertz CT molecular complexity index is 790. The Morgan fingerprint density at radius 3 is 2.46 bits per heavy atom. The van der Waals surface area contributed by atoms with Crippen molar-refractivity contribution in [1.82, 2.24) is 4.31 Å². The zero-order valence-corrected chi connectivity index (χ0v) is 15.2. The number of rotatable bonds is 7. The molecular formula is C17H20N2O3S2. The lowest BCUT2D eigenvalue weighted by molar-refractivity contribution is -0.115. The molecule has 0 radical (unpaired) electrons. The van der Waals surface area contributed by atoms with E-state index in [1.54, 1.807) is 23.9 Å². The van der Waals surface area contributed by atoms with Crippen LogP contribution in [0.4, 0.5) is 5.69 Å². The summed E-state index contributed by atoms with van der Waals surface area (Å²) in [5, 5.41) is 2.74. The van der Waals surface area contributed by atoms with Crippen molar-refractivity contribution in [3.05, 3.63) is 54.6 Å². The molecule has 5 nitrogen and oxygen atoms in total. The summed E-state index contributed by atoms with van der Waals surface area (Å²) in [6.07, 6.45) is 0.351. The number of thioether (sulfide) groups is 1. The molecule has 0 aromatic heterocycles. The van der Waals surface area contributed by atoms with E-state index in [0.29, 0.717) is 17.9 Å². The van der Waals surface area contributed by atoms with E-state index in [9.17, 15) is 13.2 Å². The summed E-state index contributed by atoms with van der Waals surface area (Å²) in [7, 11) is -0.563. The number of nitrogens with zero attached hydrogens (tertiary/aromatic N) is 1. The third-order valence-electron chi connectivity index (χ3n) is 3.24. The maximum absolute atomic E-state index is 12.1. The molecule has 7 heteroatoms. The molecule has 1 N–H and O–H groups in total. The minimum atomic E-state index is -3.51. The van der Waals surface area contributed by atoms with Gasteiger partial charge < -0.3 is 5.32 Å². The maximum Gasteiger partial charge on any atom is 0.242 e. The van der Waals surface area contributed by atoms with Gasteiger partial charge in [-0.2, -0.15) is 0 Å². The number of carbonyl (C=O) groups excluding carboxylic acids is 1. The maximum atomic E-state index is 12.1. The lowest BCUT2D eigenvalue weighted by Crippen LogP contribution is -2.22. The topological polar surface area (TPSA) is 66.5 Å². The molecule has 0 atom stereocenters. The Morgan fingerprint density at radius 2 is 1.79 bits per heavy atom. The van der Waals surface area contributed by atoms with Crippen LogP contribution in [-0.4, -0.2) is 38.5 Å². The van der Waals surface area contributed by atoms with Crippen LogP contribution in [0.3, 0.4) is 0 Å². The largest absolute Gasteiger partial charge is 0.326 e. The van der Waals surface area contributed by atoms with Gasteiger partial charge in [-0.15, -0.1) is 11.8 Å². The number of hydrogen-bond donors (Lipinski definition) is 1. The molecule has 0 unspecified atom stereocenters. The van der Waals surface area contributed by atoms with Gasteiger partial charge in [-0.1, -0.05) is 24.3 Å². The number of amides is 1. The Balaban J connectivity index is 1.92. The van der Waals surface area contributed by atoms with Crippen molar-refractivity contribution in [2.75, 3.05) is 25.2 Å². The Labute approximate surface area is 147 Å². The summed E-state index contributed by atoms with van der Waals surface area (Å²) in [5.41, 5.74) is 0.479. The fourth-order valence-corrected chi connectivity index (χ4v) is 3.77. The average Bonchev–Trinajstić information content (AvgIpc) is 2.56. The smallest absolute Gasteiger partial charge is 0.242 e. The molecule has 0 fully saturated rings. The van der Waals surface area contributed by atoms with Crippen LogP contribution >= 0.6 is 11.8 Å². The molecule has 0 aliphatic carbocycles. The molecule has 0 aliphatic heterocycles. The molecule has 0 saturated heterocycles. The van der Waals surface area contributed by atoms with Crippen molar-refractivity contribution >= 4 is 33.4 Å². The summed E-state index contributed by atoms with van der Waals surface area (Å²) in [4.78, 5) is 13.3. The zero-order chi connectivity index (χ0) is 17.6. The van der Waals surface area contributed by atoms with Crippen molar-refractivity contribution in [3.8, 4) is 0 Å². The summed E-state index contributed by atoms with van der Waals surface area (Å²) in [6.45, 7) is 0. The quantitative estimate of drug-likeness (QED) is 0.767. The number of anilines is 1. The Hall–Kier alpha value is -1.83. The van der Waals surface area contributed by atoms with Crippen LogP contribution < -0.4 is 5.32 Å². The average molecular weight is 364 g/mol. The lowest BCUT2D eigenvalue weighted by atomic mass is 10.3. The summed E-state index contributed by atoms with van der Waals surface area (Å²) in [6, 6.07) is 16.1. The molecule has 0 spiro atoms. The lowest BCUT2D eigenvalue weighted by Gasteiger charge is -2.12. The molecule has 24 heavy (non-hydrogen) atoms. The van der Waals surface area contributed by atoms with Gasteiger partial charge in [0, 0.05) is 36.9 Å². The molecule has 1 amide bonds. The predicted octanol–water partition coefficient (Wildman–Crippen LogP) is 3.06. The first-order valence-corrected chi connectivity index (χ1v) is 9.82. The SMILES string of the molecule is CN(C)S(=O)(=O)c1cccc(NC(=O)CCSc2ccccc2)c1. The van der Waals surface area contributed by atoms with Crippen LogP contribution in [0.25, 0.3) is 0 Å².